The van der Waals surface area contributed by atoms with Gasteiger partial charge in [-0.3, -0.25) is 0 Å². The van der Waals surface area contributed by atoms with E-state index in [9.17, 15) is 0 Å². The second-order valence-electron chi connectivity index (χ2n) is 6.70. The van der Waals surface area contributed by atoms with Gasteiger partial charge in [0.2, 0.25) is 0 Å². The molecule has 4 nitrogen and oxygen atoms in total. The molecule has 2 aromatic carbocycles. The fourth-order valence-corrected chi connectivity index (χ4v) is 5.17. The first-order chi connectivity index (χ1) is 13.7. The zero-order chi connectivity index (χ0) is 19.1. The summed E-state index contributed by atoms with van der Waals surface area (Å²) in [6.45, 7) is 4.27. The average molecular weight is 403 g/mol. The maximum absolute atomic E-state index is 4.77. The Morgan fingerprint density at radius 3 is 2.64 bits per heavy atom. The summed E-state index contributed by atoms with van der Waals surface area (Å²) < 4.78 is 1.23. The molecule has 0 spiro atoms. The monoisotopic (exact) mass is 402 g/mol. The van der Waals surface area contributed by atoms with Crippen molar-refractivity contribution in [1.29, 1.82) is 0 Å². The van der Waals surface area contributed by atoms with Gasteiger partial charge in [0.15, 0.2) is 0 Å². The number of hydrogen-bond acceptors (Lipinski definition) is 6. The van der Waals surface area contributed by atoms with Crippen LogP contribution in [0, 0.1) is 6.92 Å². The van der Waals surface area contributed by atoms with Crippen LogP contribution in [0.15, 0.2) is 54.9 Å². The van der Waals surface area contributed by atoms with Crippen LogP contribution in [-0.2, 0) is 6.42 Å². The van der Waals surface area contributed by atoms with Crippen LogP contribution in [0.5, 0.6) is 0 Å². The van der Waals surface area contributed by atoms with Gasteiger partial charge in [-0.15, -0.1) is 22.7 Å². The highest BCUT2D eigenvalue weighted by molar-refractivity contribution is 7.21. The van der Waals surface area contributed by atoms with Crippen LogP contribution in [0.3, 0.4) is 0 Å². The molecule has 0 aliphatic rings. The summed E-state index contributed by atoms with van der Waals surface area (Å²) in [4.78, 5) is 15.9. The summed E-state index contributed by atoms with van der Waals surface area (Å²) in [7, 11) is 0. The van der Waals surface area contributed by atoms with Crippen molar-refractivity contribution in [2.75, 3.05) is 5.32 Å². The molecule has 0 aliphatic carbocycles. The maximum Gasteiger partial charge on any atom is 0.142 e. The lowest BCUT2D eigenvalue weighted by Crippen LogP contribution is -1.94. The molecule has 0 fully saturated rings. The lowest BCUT2D eigenvalue weighted by Gasteiger charge is -2.07. The normalized spacial score (nSPS) is 11.4. The Morgan fingerprint density at radius 1 is 0.964 bits per heavy atom. The van der Waals surface area contributed by atoms with Gasteiger partial charge in [-0.2, -0.15) is 0 Å². The molecular formula is C22H18N4S2. The molecule has 3 aromatic heterocycles. The first-order valence-corrected chi connectivity index (χ1v) is 10.8. The molecule has 138 valence electrons. The van der Waals surface area contributed by atoms with Crippen molar-refractivity contribution in [2.45, 2.75) is 20.3 Å². The summed E-state index contributed by atoms with van der Waals surface area (Å²) in [5, 5.41) is 5.56. The van der Waals surface area contributed by atoms with E-state index in [0.717, 1.165) is 44.2 Å². The van der Waals surface area contributed by atoms with Crippen molar-refractivity contribution in [3.05, 3.63) is 65.3 Å². The highest BCUT2D eigenvalue weighted by atomic mass is 32.1. The van der Waals surface area contributed by atoms with E-state index in [4.69, 9.17) is 4.98 Å². The van der Waals surface area contributed by atoms with Crippen LogP contribution >= 0.6 is 22.7 Å². The Balaban J connectivity index is 1.44. The quantitative estimate of drug-likeness (QED) is 0.369. The molecule has 0 atom stereocenters. The summed E-state index contributed by atoms with van der Waals surface area (Å²) in [6, 6.07) is 16.9. The van der Waals surface area contributed by atoms with Crippen LogP contribution in [0.4, 0.5) is 11.5 Å². The minimum atomic E-state index is 0.851. The van der Waals surface area contributed by atoms with Crippen molar-refractivity contribution in [1.82, 2.24) is 15.0 Å². The van der Waals surface area contributed by atoms with E-state index in [-0.39, 0.29) is 0 Å². The molecule has 0 saturated carbocycles. The van der Waals surface area contributed by atoms with Crippen LogP contribution in [0.2, 0.25) is 0 Å². The Bertz CT molecular complexity index is 1290. The van der Waals surface area contributed by atoms with Crippen molar-refractivity contribution in [2.24, 2.45) is 0 Å². The van der Waals surface area contributed by atoms with Gasteiger partial charge in [-0.1, -0.05) is 13.0 Å². The molecule has 0 amide bonds. The SMILES string of the molecule is CCc1cc2c(Nc3ccc(-c4nc5ccc(C)cc5s4)cc3)ncnc2s1. The molecule has 3 heterocycles. The molecule has 0 radical (unpaired) electrons. The molecule has 0 unspecified atom stereocenters. The molecular weight excluding hydrogens is 384 g/mol. The number of anilines is 2. The van der Waals surface area contributed by atoms with Gasteiger partial charge in [-0.05, 0) is 61.4 Å². The van der Waals surface area contributed by atoms with Gasteiger partial charge < -0.3 is 5.32 Å². The third-order valence-corrected chi connectivity index (χ3v) is 6.92. The van der Waals surface area contributed by atoms with Crippen molar-refractivity contribution in [3.63, 3.8) is 0 Å². The highest BCUT2D eigenvalue weighted by Gasteiger charge is 2.10. The van der Waals surface area contributed by atoms with Gasteiger partial charge in [0.05, 0.1) is 15.6 Å². The van der Waals surface area contributed by atoms with E-state index in [1.807, 2.05) is 0 Å². The number of nitrogens with zero attached hydrogens (tertiary/aromatic N) is 3. The van der Waals surface area contributed by atoms with Gasteiger partial charge in [-0.25, -0.2) is 15.0 Å². The number of thiazole rings is 1. The predicted octanol–water partition coefficient (Wildman–Crippen LogP) is 6.58. The third kappa shape index (κ3) is 3.15. The highest BCUT2D eigenvalue weighted by Crippen LogP contribution is 2.33. The number of fused-ring (bicyclic) bond motifs is 2. The number of aryl methyl sites for hydroxylation is 2. The molecule has 5 rings (SSSR count). The molecule has 0 bridgehead atoms. The molecule has 6 heteroatoms. The summed E-state index contributed by atoms with van der Waals surface area (Å²) >= 11 is 3.46. The van der Waals surface area contributed by atoms with E-state index < -0.39 is 0 Å². The smallest absolute Gasteiger partial charge is 0.142 e. The van der Waals surface area contributed by atoms with E-state index >= 15 is 0 Å². The Labute approximate surface area is 170 Å². The molecule has 0 aliphatic heterocycles. The summed E-state index contributed by atoms with van der Waals surface area (Å²) in [6.07, 6.45) is 2.63. The van der Waals surface area contributed by atoms with Crippen molar-refractivity contribution in [3.8, 4) is 10.6 Å². The lowest BCUT2D eigenvalue weighted by atomic mass is 10.2. The number of nitrogens with one attached hydrogen (secondary N) is 1. The van der Waals surface area contributed by atoms with Gasteiger partial charge in [0.1, 0.15) is 22.0 Å². The second kappa shape index (κ2) is 6.96. The standard InChI is InChI=1S/C22H18N4S2/c1-3-16-11-17-20(23-12-24-22(17)27-16)25-15-7-5-14(6-8-15)21-26-18-9-4-13(2)10-19(18)28-21/h4-12H,3H2,1-2H3,(H,23,24,25). The lowest BCUT2D eigenvalue weighted by molar-refractivity contribution is 1.19. The Hall–Kier alpha value is -2.83. The van der Waals surface area contributed by atoms with E-state index in [2.05, 4.69) is 77.7 Å². The molecule has 28 heavy (non-hydrogen) atoms. The van der Waals surface area contributed by atoms with Gasteiger partial charge >= 0.3 is 0 Å². The minimum absolute atomic E-state index is 0.851. The fraction of sp³-hybridized carbons (Fsp3) is 0.136. The first kappa shape index (κ1) is 17.3. The minimum Gasteiger partial charge on any atom is -0.340 e. The Kier molecular flexibility index (Phi) is 4.30. The maximum atomic E-state index is 4.77. The molecule has 5 aromatic rings. The van der Waals surface area contributed by atoms with Crippen molar-refractivity contribution < 1.29 is 0 Å². The predicted molar refractivity (Wildman–Crippen MR) is 120 cm³/mol. The van der Waals surface area contributed by atoms with Crippen LogP contribution in [0.25, 0.3) is 31.0 Å². The number of thiophene rings is 1. The molecule has 0 saturated heterocycles. The second-order valence-corrected chi connectivity index (χ2v) is 8.85. The van der Waals surface area contributed by atoms with Gasteiger partial charge in [0, 0.05) is 16.1 Å². The van der Waals surface area contributed by atoms with E-state index in [1.165, 1.54) is 15.1 Å². The van der Waals surface area contributed by atoms with Crippen LogP contribution < -0.4 is 5.32 Å². The zero-order valence-electron chi connectivity index (χ0n) is 15.6. The number of hydrogen-bond donors (Lipinski definition) is 1. The summed E-state index contributed by atoms with van der Waals surface area (Å²) in [5.74, 6) is 0.851. The number of aromatic nitrogens is 3. The average Bonchev–Trinajstić information content (AvgIpc) is 3.32. The fourth-order valence-electron chi connectivity index (χ4n) is 3.17. The number of benzene rings is 2. The first-order valence-electron chi connectivity index (χ1n) is 9.17. The third-order valence-electron chi connectivity index (χ3n) is 4.67. The van der Waals surface area contributed by atoms with Crippen molar-refractivity contribution >= 4 is 54.6 Å². The van der Waals surface area contributed by atoms with Crippen LogP contribution in [0.1, 0.15) is 17.4 Å². The summed E-state index contributed by atoms with van der Waals surface area (Å²) in [5.41, 5.74) is 4.45. The van der Waals surface area contributed by atoms with Gasteiger partial charge in [0.25, 0.3) is 0 Å². The number of rotatable bonds is 4. The van der Waals surface area contributed by atoms with E-state index in [1.54, 1.807) is 29.0 Å². The Morgan fingerprint density at radius 2 is 1.82 bits per heavy atom. The topological polar surface area (TPSA) is 50.7 Å². The largest absolute Gasteiger partial charge is 0.340 e. The zero-order valence-corrected chi connectivity index (χ0v) is 17.2. The van der Waals surface area contributed by atoms with E-state index in [0.29, 0.717) is 0 Å². The van der Waals surface area contributed by atoms with Crippen LogP contribution in [-0.4, -0.2) is 15.0 Å². The molecule has 1 N–H and O–H groups in total.